The Balaban J connectivity index is 1.47. The van der Waals surface area contributed by atoms with Gasteiger partial charge in [0.2, 0.25) is 5.91 Å². The highest BCUT2D eigenvalue weighted by atomic mass is 16.5. The zero-order chi connectivity index (χ0) is 18.2. The van der Waals surface area contributed by atoms with Crippen LogP contribution in [0.4, 0.5) is 0 Å². The van der Waals surface area contributed by atoms with Crippen molar-refractivity contribution < 1.29 is 9.53 Å². The van der Waals surface area contributed by atoms with Crippen molar-refractivity contribution in [3.63, 3.8) is 0 Å². The normalized spacial score (nSPS) is 16.9. The first-order valence-corrected chi connectivity index (χ1v) is 9.44. The molecule has 4 nitrogen and oxygen atoms in total. The van der Waals surface area contributed by atoms with Gasteiger partial charge in [0.25, 0.3) is 0 Å². The molecule has 3 rings (SSSR count). The molecule has 4 heteroatoms. The topological polar surface area (TPSA) is 41.6 Å². The second kappa shape index (κ2) is 9.39. The SMILES string of the molecule is COc1ccccc1CCN1C(=O)CCC1CCNCc1ccccc1. The number of para-hydroxylation sites is 1. The number of hydrogen-bond acceptors (Lipinski definition) is 3. The third kappa shape index (κ3) is 4.85. The fourth-order valence-corrected chi connectivity index (χ4v) is 3.65. The number of methoxy groups -OCH3 is 1. The molecule has 1 atom stereocenters. The lowest BCUT2D eigenvalue weighted by atomic mass is 10.1. The molecule has 0 spiro atoms. The maximum absolute atomic E-state index is 12.3. The van der Waals surface area contributed by atoms with Crippen molar-refractivity contribution >= 4 is 5.91 Å². The van der Waals surface area contributed by atoms with Crippen molar-refractivity contribution in [2.45, 2.75) is 38.3 Å². The lowest BCUT2D eigenvalue weighted by Crippen LogP contribution is -2.36. The number of likely N-dealkylation sites (tertiary alicyclic amines) is 1. The van der Waals surface area contributed by atoms with E-state index >= 15 is 0 Å². The second-order valence-corrected chi connectivity index (χ2v) is 6.79. The molecule has 26 heavy (non-hydrogen) atoms. The van der Waals surface area contributed by atoms with Crippen molar-refractivity contribution in [1.29, 1.82) is 0 Å². The van der Waals surface area contributed by atoms with E-state index in [4.69, 9.17) is 4.74 Å². The highest BCUT2D eigenvalue weighted by molar-refractivity contribution is 5.78. The van der Waals surface area contributed by atoms with E-state index < -0.39 is 0 Å². The van der Waals surface area contributed by atoms with Crippen molar-refractivity contribution in [3.8, 4) is 5.75 Å². The van der Waals surface area contributed by atoms with Gasteiger partial charge in [0.1, 0.15) is 5.75 Å². The summed E-state index contributed by atoms with van der Waals surface area (Å²) in [6, 6.07) is 18.8. The third-order valence-electron chi connectivity index (χ3n) is 5.09. The van der Waals surface area contributed by atoms with E-state index in [0.717, 1.165) is 50.2 Å². The van der Waals surface area contributed by atoms with Crippen LogP contribution in [0.5, 0.6) is 5.75 Å². The van der Waals surface area contributed by atoms with Crippen molar-refractivity contribution in [3.05, 3.63) is 65.7 Å². The summed E-state index contributed by atoms with van der Waals surface area (Å²) in [6.07, 6.45) is 3.49. The number of nitrogens with one attached hydrogen (secondary N) is 1. The van der Waals surface area contributed by atoms with E-state index in [1.807, 2.05) is 24.3 Å². The molecule has 1 N–H and O–H groups in total. The van der Waals surface area contributed by atoms with E-state index in [1.54, 1.807) is 7.11 Å². The van der Waals surface area contributed by atoms with Crippen LogP contribution < -0.4 is 10.1 Å². The first kappa shape index (κ1) is 18.5. The Morgan fingerprint density at radius 3 is 2.69 bits per heavy atom. The quantitative estimate of drug-likeness (QED) is 0.703. The second-order valence-electron chi connectivity index (χ2n) is 6.79. The van der Waals surface area contributed by atoms with Gasteiger partial charge in [-0.15, -0.1) is 0 Å². The van der Waals surface area contributed by atoms with Gasteiger partial charge < -0.3 is 15.0 Å². The van der Waals surface area contributed by atoms with Gasteiger partial charge in [-0.3, -0.25) is 4.79 Å². The van der Waals surface area contributed by atoms with Crippen LogP contribution in [0.2, 0.25) is 0 Å². The van der Waals surface area contributed by atoms with Crippen molar-refractivity contribution in [2.75, 3.05) is 20.2 Å². The molecule has 1 aliphatic rings. The molecule has 1 heterocycles. The molecule has 1 saturated heterocycles. The minimum Gasteiger partial charge on any atom is -0.496 e. The standard InChI is InChI=1S/C22H28N2O2/c1-26-21-10-6-5-9-19(21)14-16-24-20(11-12-22(24)25)13-15-23-17-18-7-3-2-4-8-18/h2-10,20,23H,11-17H2,1H3. The van der Waals surface area contributed by atoms with Crippen LogP contribution >= 0.6 is 0 Å². The largest absolute Gasteiger partial charge is 0.496 e. The Bertz CT molecular complexity index is 702. The first-order chi connectivity index (χ1) is 12.8. The van der Waals surface area contributed by atoms with Crippen LogP contribution in [0.25, 0.3) is 0 Å². The van der Waals surface area contributed by atoms with Gasteiger partial charge in [0.05, 0.1) is 7.11 Å². The Morgan fingerprint density at radius 2 is 1.88 bits per heavy atom. The monoisotopic (exact) mass is 352 g/mol. The highest BCUT2D eigenvalue weighted by Gasteiger charge is 2.30. The molecule has 2 aromatic carbocycles. The summed E-state index contributed by atoms with van der Waals surface area (Å²) < 4.78 is 5.42. The Hall–Kier alpha value is -2.33. The number of nitrogens with zero attached hydrogens (tertiary/aromatic N) is 1. The minimum absolute atomic E-state index is 0.285. The predicted octanol–water partition coefficient (Wildman–Crippen LogP) is 3.41. The molecule has 0 bridgehead atoms. The number of carbonyl (C=O) groups is 1. The Labute approximate surface area is 156 Å². The lowest BCUT2D eigenvalue weighted by molar-refractivity contribution is -0.129. The summed E-state index contributed by atoms with van der Waals surface area (Å²) in [5, 5.41) is 3.50. The Morgan fingerprint density at radius 1 is 1.12 bits per heavy atom. The fourth-order valence-electron chi connectivity index (χ4n) is 3.65. The molecule has 0 saturated carbocycles. The molecule has 0 radical (unpaired) electrons. The number of rotatable bonds is 9. The Kier molecular flexibility index (Phi) is 6.67. The van der Waals surface area contributed by atoms with E-state index in [-0.39, 0.29) is 5.91 Å². The average molecular weight is 352 g/mol. The molecule has 0 aromatic heterocycles. The molecule has 0 aliphatic carbocycles. The van der Waals surface area contributed by atoms with Crippen LogP contribution in [0.15, 0.2) is 54.6 Å². The minimum atomic E-state index is 0.285. The van der Waals surface area contributed by atoms with Gasteiger partial charge in [-0.2, -0.15) is 0 Å². The van der Waals surface area contributed by atoms with Gasteiger partial charge in [-0.25, -0.2) is 0 Å². The highest BCUT2D eigenvalue weighted by Crippen LogP contribution is 2.24. The summed E-state index contributed by atoms with van der Waals surface area (Å²) in [4.78, 5) is 14.4. The van der Waals surface area contributed by atoms with Gasteiger partial charge in [-0.1, -0.05) is 48.5 Å². The summed E-state index contributed by atoms with van der Waals surface area (Å²) in [5.74, 6) is 1.19. The molecule has 1 amide bonds. The van der Waals surface area contributed by atoms with Crippen LogP contribution in [0, 0.1) is 0 Å². The van der Waals surface area contributed by atoms with Crippen LogP contribution in [-0.4, -0.2) is 37.0 Å². The van der Waals surface area contributed by atoms with Crippen LogP contribution in [-0.2, 0) is 17.8 Å². The summed E-state index contributed by atoms with van der Waals surface area (Å²) in [5.41, 5.74) is 2.46. The lowest BCUT2D eigenvalue weighted by Gasteiger charge is -2.25. The molecule has 138 valence electrons. The van der Waals surface area contributed by atoms with Crippen molar-refractivity contribution in [2.24, 2.45) is 0 Å². The molecule has 2 aromatic rings. The van der Waals surface area contributed by atoms with Gasteiger partial charge in [0.15, 0.2) is 0 Å². The zero-order valence-corrected chi connectivity index (χ0v) is 15.5. The number of amides is 1. The summed E-state index contributed by atoms with van der Waals surface area (Å²) in [7, 11) is 1.70. The maximum atomic E-state index is 12.3. The van der Waals surface area contributed by atoms with Gasteiger partial charge in [-0.05, 0) is 43.0 Å². The fraction of sp³-hybridized carbons (Fsp3) is 0.409. The van der Waals surface area contributed by atoms with E-state index in [1.165, 1.54) is 5.56 Å². The van der Waals surface area contributed by atoms with Crippen molar-refractivity contribution in [1.82, 2.24) is 10.2 Å². The van der Waals surface area contributed by atoms with E-state index in [9.17, 15) is 4.79 Å². The first-order valence-electron chi connectivity index (χ1n) is 9.44. The number of benzene rings is 2. The van der Waals surface area contributed by atoms with Crippen LogP contribution in [0.1, 0.15) is 30.4 Å². The van der Waals surface area contributed by atoms with Gasteiger partial charge >= 0.3 is 0 Å². The maximum Gasteiger partial charge on any atom is 0.222 e. The number of ether oxygens (including phenoxy) is 1. The third-order valence-corrected chi connectivity index (χ3v) is 5.09. The zero-order valence-electron chi connectivity index (χ0n) is 15.5. The molecule has 1 fully saturated rings. The predicted molar refractivity (Wildman–Crippen MR) is 104 cm³/mol. The summed E-state index contributed by atoms with van der Waals surface area (Å²) >= 11 is 0. The van der Waals surface area contributed by atoms with E-state index in [2.05, 4.69) is 40.5 Å². The summed E-state index contributed by atoms with van der Waals surface area (Å²) in [6.45, 7) is 2.57. The average Bonchev–Trinajstić information content (AvgIpc) is 3.04. The molecular weight excluding hydrogens is 324 g/mol. The molecular formula is C22H28N2O2. The number of hydrogen-bond donors (Lipinski definition) is 1. The van der Waals surface area contributed by atoms with Crippen LogP contribution in [0.3, 0.4) is 0 Å². The number of carbonyl (C=O) groups excluding carboxylic acids is 1. The van der Waals surface area contributed by atoms with Gasteiger partial charge in [0, 0.05) is 25.6 Å². The molecule has 1 unspecified atom stereocenters. The smallest absolute Gasteiger partial charge is 0.222 e. The molecule has 1 aliphatic heterocycles. The van der Waals surface area contributed by atoms with E-state index in [0.29, 0.717) is 12.5 Å².